The van der Waals surface area contributed by atoms with Crippen molar-refractivity contribution in [3.8, 4) is 5.75 Å². The van der Waals surface area contributed by atoms with Crippen molar-refractivity contribution in [1.82, 2.24) is 14.5 Å². The molecule has 26 heavy (non-hydrogen) atoms. The zero-order valence-electron chi connectivity index (χ0n) is 15.3. The van der Waals surface area contributed by atoms with Crippen LogP contribution in [-0.2, 0) is 14.8 Å². The number of carbonyl (C=O) groups is 1. The minimum absolute atomic E-state index is 0.0986. The number of hydrogen-bond acceptors (Lipinski definition) is 6. The molecule has 0 unspecified atom stereocenters. The number of sulfonamides is 1. The molecule has 0 radical (unpaired) electrons. The topological polar surface area (TPSA) is 88.2 Å². The molecule has 1 N–H and O–H groups in total. The van der Waals surface area contributed by atoms with Crippen LogP contribution >= 0.6 is 0 Å². The Morgan fingerprint density at radius 1 is 1.15 bits per heavy atom. The van der Waals surface area contributed by atoms with Crippen molar-refractivity contribution in [2.24, 2.45) is 0 Å². The summed E-state index contributed by atoms with van der Waals surface area (Å²) in [7, 11) is -0.284. The lowest BCUT2D eigenvalue weighted by Crippen LogP contribution is -2.48. The number of ether oxygens (including phenoxy) is 2. The molecule has 1 aliphatic rings. The van der Waals surface area contributed by atoms with E-state index < -0.39 is 10.0 Å². The number of hydrogen-bond donors (Lipinski definition) is 1. The van der Waals surface area contributed by atoms with Gasteiger partial charge in [0, 0.05) is 51.9 Å². The van der Waals surface area contributed by atoms with E-state index in [0.29, 0.717) is 50.6 Å². The number of carbonyl (C=O) groups excluding carboxylic acids is 1. The summed E-state index contributed by atoms with van der Waals surface area (Å²) < 4.78 is 36.7. The number of benzene rings is 1. The summed E-state index contributed by atoms with van der Waals surface area (Å²) in [5, 5.41) is 3.13. The van der Waals surface area contributed by atoms with Crippen molar-refractivity contribution in [1.29, 1.82) is 0 Å². The van der Waals surface area contributed by atoms with E-state index in [-0.39, 0.29) is 18.2 Å². The number of nitrogens with one attached hydrogen (secondary N) is 1. The van der Waals surface area contributed by atoms with Gasteiger partial charge in [-0.25, -0.2) is 8.42 Å². The molecule has 2 rings (SSSR count). The van der Waals surface area contributed by atoms with Gasteiger partial charge in [-0.15, -0.1) is 0 Å². The summed E-state index contributed by atoms with van der Waals surface area (Å²) in [6.07, 6.45) is 0. The molecule has 1 aromatic carbocycles. The zero-order chi connectivity index (χ0) is 19.0. The average molecular weight is 385 g/mol. The van der Waals surface area contributed by atoms with Crippen LogP contribution in [0.5, 0.6) is 5.75 Å². The van der Waals surface area contributed by atoms with E-state index in [4.69, 9.17) is 9.47 Å². The lowest BCUT2D eigenvalue weighted by Gasteiger charge is -2.28. The molecule has 0 aromatic heterocycles. The monoisotopic (exact) mass is 385 g/mol. The second-order valence-electron chi connectivity index (χ2n) is 5.98. The highest BCUT2D eigenvalue weighted by molar-refractivity contribution is 7.89. The molecule has 1 heterocycles. The molecule has 146 valence electrons. The van der Waals surface area contributed by atoms with Crippen LogP contribution in [0.2, 0.25) is 0 Å². The van der Waals surface area contributed by atoms with Gasteiger partial charge in [0.1, 0.15) is 5.75 Å². The molecule has 1 amide bonds. The van der Waals surface area contributed by atoms with Crippen LogP contribution in [0.15, 0.2) is 24.3 Å². The fraction of sp³-hybridized carbons (Fsp3) is 0.588. The first-order chi connectivity index (χ1) is 12.5. The van der Waals surface area contributed by atoms with Gasteiger partial charge in [-0.3, -0.25) is 4.79 Å². The molecule has 0 aliphatic carbocycles. The van der Waals surface area contributed by atoms with Gasteiger partial charge in [0.2, 0.25) is 10.0 Å². The van der Waals surface area contributed by atoms with Crippen molar-refractivity contribution in [2.75, 3.05) is 65.8 Å². The highest BCUT2D eigenvalue weighted by Gasteiger charge is 2.25. The number of piperazine rings is 1. The second-order valence-corrected chi connectivity index (χ2v) is 8.07. The Morgan fingerprint density at radius 2 is 1.81 bits per heavy atom. The van der Waals surface area contributed by atoms with Crippen LogP contribution in [-0.4, -0.2) is 89.4 Å². The number of methoxy groups -OCH3 is 2. The SMILES string of the molecule is COCCN(CCS(=O)(=O)N1CCNCC1)C(=O)c1ccc(OC)cc1. The first-order valence-corrected chi connectivity index (χ1v) is 10.2. The van der Waals surface area contributed by atoms with Crippen LogP contribution in [0.25, 0.3) is 0 Å². The zero-order valence-corrected chi connectivity index (χ0v) is 16.1. The molecule has 1 fully saturated rings. The van der Waals surface area contributed by atoms with Gasteiger partial charge < -0.3 is 19.7 Å². The Kier molecular flexibility index (Phi) is 7.83. The molecule has 0 bridgehead atoms. The molecule has 0 spiro atoms. The van der Waals surface area contributed by atoms with Gasteiger partial charge in [-0.1, -0.05) is 0 Å². The lowest BCUT2D eigenvalue weighted by molar-refractivity contribution is 0.0707. The van der Waals surface area contributed by atoms with Crippen LogP contribution in [0.1, 0.15) is 10.4 Å². The third-order valence-corrected chi connectivity index (χ3v) is 6.13. The van der Waals surface area contributed by atoms with Gasteiger partial charge >= 0.3 is 0 Å². The molecule has 9 heteroatoms. The third kappa shape index (κ3) is 5.66. The molecular weight excluding hydrogens is 358 g/mol. The maximum absolute atomic E-state index is 12.8. The lowest BCUT2D eigenvalue weighted by atomic mass is 10.2. The number of amides is 1. The van der Waals surface area contributed by atoms with Crippen LogP contribution in [0.3, 0.4) is 0 Å². The van der Waals surface area contributed by atoms with Crippen molar-refractivity contribution in [3.63, 3.8) is 0 Å². The van der Waals surface area contributed by atoms with Crippen LogP contribution in [0, 0.1) is 0 Å². The summed E-state index contributed by atoms with van der Waals surface area (Å²) in [4.78, 5) is 14.3. The van der Waals surface area contributed by atoms with Crippen molar-refractivity contribution < 1.29 is 22.7 Å². The Bertz CT molecular complexity index is 672. The quantitative estimate of drug-likeness (QED) is 0.645. The minimum Gasteiger partial charge on any atom is -0.497 e. The molecule has 1 aliphatic heterocycles. The minimum atomic E-state index is -3.39. The average Bonchev–Trinajstić information content (AvgIpc) is 2.68. The first kappa shape index (κ1) is 20.6. The fourth-order valence-corrected chi connectivity index (χ4v) is 4.16. The van der Waals surface area contributed by atoms with Gasteiger partial charge in [0.15, 0.2) is 0 Å². The Hall–Kier alpha value is -1.68. The van der Waals surface area contributed by atoms with E-state index in [1.54, 1.807) is 38.5 Å². The fourth-order valence-electron chi connectivity index (χ4n) is 2.71. The summed E-state index contributed by atoms with van der Waals surface area (Å²) in [6.45, 7) is 3.03. The normalized spacial score (nSPS) is 15.6. The second kappa shape index (κ2) is 9.86. The van der Waals surface area contributed by atoms with Gasteiger partial charge in [0.25, 0.3) is 5.91 Å². The highest BCUT2D eigenvalue weighted by atomic mass is 32.2. The van der Waals surface area contributed by atoms with Gasteiger partial charge in [0.05, 0.1) is 19.5 Å². The molecule has 1 saturated heterocycles. The molecular formula is C17H27N3O5S. The standard InChI is InChI=1S/C17H27N3O5S/c1-24-13-11-19(17(21)15-3-5-16(25-2)6-4-15)12-14-26(22,23)20-9-7-18-8-10-20/h3-6,18H,7-14H2,1-2H3. The molecule has 0 saturated carbocycles. The van der Waals surface area contributed by atoms with E-state index in [9.17, 15) is 13.2 Å². The van der Waals surface area contributed by atoms with Gasteiger partial charge in [-0.05, 0) is 24.3 Å². The Labute approximate surface area is 155 Å². The predicted molar refractivity (Wildman–Crippen MR) is 99.0 cm³/mol. The predicted octanol–water partition coefficient (Wildman–Crippen LogP) is 0.0188. The van der Waals surface area contributed by atoms with Crippen LogP contribution in [0.4, 0.5) is 0 Å². The maximum atomic E-state index is 12.8. The third-order valence-electron chi connectivity index (χ3n) is 4.28. The summed E-state index contributed by atoms with van der Waals surface area (Å²) in [6, 6.07) is 6.76. The van der Waals surface area contributed by atoms with Gasteiger partial charge in [-0.2, -0.15) is 4.31 Å². The van der Waals surface area contributed by atoms with E-state index in [0.717, 1.165) is 0 Å². The van der Waals surface area contributed by atoms with E-state index in [2.05, 4.69) is 5.32 Å². The van der Waals surface area contributed by atoms with E-state index >= 15 is 0 Å². The highest BCUT2D eigenvalue weighted by Crippen LogP contribution is 2.14. The summed E-state index contributed by atoms with van der Waals surface area (Å²) in [5.74, 6) is 0.338. The Balaban J connectivity index is 2.04. The van der Waals surface area contributed by atoms with E-state index in [1.807, 2.05) is 0 Å². The molecule has 8 nitrogen and oxygen atoms in total. The smallest absolute Gasteiger partial charge is 0.253 e. The summed E-state index contributed by atoms with van der Waals surface area (Å²) >= 11 is 0. The number of rotatable bonds is 9. The first-order valence-electron chi connectivity index (χ1n) is 8.58. The van der Waals surface area contributed by atoms with Crippen LogP contribution < -0.4 is 10.1 Å². The largest absolute Gasteiger partial charge is 0.497 e. The Morgan fingerprint density at radius 3 is 2.38 bits per heavy atom. The van der Waals surface area contributed by atoms with Crippen molar-refractivity contribution in [3.05, 3.63) is 29.8 Å². The molecule has 1 aromatic rings. The summed E-state index contributed by atoms with van der Waals surface area (Å²) in [5.41, 5.74) is 0.487. The molecule has 0 atom stereocenters. The number of nitrogens with zero attached hydrogens (tertiary/aromatic N) is 2. The van der Waals surface area contributed by atoms with Crippen molar-refractivity contribution >= 4 is 15.9 Å². The van der Waals surface area contributed by atoms with Crippen molar-refractivity contribution in [2.45, 2.75) is 0 Å². The van der Waals surface area contributed by atoms with E-state index in [1.165, 1.54) is 9.21 Å². The maximum Gasteiger partial charge on any atom is 0.253 e.